The van der Waals surface area contributed by atoms with Gasteiger partial charge in [0.15, 0.2) is 0 Å². The molecule has 2 atom stereocenters. The standard InChI is InChI=1S/C25H42N2O3/c1-4-5-6-7-8-14-19-29-24-18-13-12-16-22(24)26-25(28)30-23-17-11-9-10-15-21(23)20-27(2)3/h12-13,16,18,21,23H,4-11,14-15,17,19-20H2,1-3H3,(H,26,28)/t21-,23-/m0/s1. The fourth-order valence-corrected chi connectivity index (χ4v) is 4.22. The van der Waals surface area contributed by atoms with Gasteiger partial charge < -0.3 is 14.4 Å². The first-order valence-electron chi connectivity index (χ1n) is 11.9. The van der Waals surface area contributed by atoms with Gasteiger partial charge in [-0.25, -0.2) is 4.79 Å². The molecule has 5 heteroatoms. The van der Waals surface area contributed by atoms with Gasteiger partial charge in [0.2, 0.25) is 0 Å². The highest BCUT2D eigenvalue weighted by Gasteiger charge is 2.27. The number of hydrogen-bond donors (Lipinski definition) is 1. The van der Waals surface area contributed by atoms with E-state index in [1.54, 1.807) is 0 Å². The van der Waals surface area contributed by atoms with Gasteiger partial charge in [-0.3, -0.25) is 5.32 Å². The molecule has 5 nitrogen and oxygen atoms in total. The SMILES string of the molecule is CCCCCCCCOc1ccccc1NC(=O)O[C@H]1CCCCC[C@H]1CN(C)C. The molecule has 0 saturated heterocycles. The molecule has 30 heavy (non-hydrogen) atoms. The van der Waals surface area contributed by atoms with Crippen molar-refractivity contribution in [3.8, 4) is 5.75 Å². The third kappa shape index (κ3) is 9.38. The quantitative estimate of drug-likeness (QED) is 0.311. The zero-order valence-electron chi connectivity index (χ0n) is 19.3. The molecule has 0 spiro atoms. The van der Waals surface area contributed by atoms with Crippen molar-refractivity contribution in [1.29, 1.82) is 0 Å². The predicted molar refractivity (Wildman–Crippen MR) is 124 cm³/mol. The van der Waals surface area contributed by atoms with Gasteiger partial charge in [0, 0.05) is 12.5 Å². The van der Waals surface area contributed by atoms with Crippen molar-refractivity contribution in [2.45, 2.75) is 83.7 Å². The van der Waals surface area contributed by atoms with Gasteiger partial charge in [-0.15, -0.1) is 0 Å². The lowest BCUT2D eigenvalue weighted by atomic mass is 9.97. The number of anilines is 1. The van der Waals surface area contributed by atoms with Crippen molar-refractivity contribution in [1.82, 2.24) is 4.90 Å². The normalized spacial score (nSPS) is 19.3. The summed E-state index contributed by atoms with van der Waals surface area (Å²) in [6, 6.07) is 7.63. The molecule has 0 heterocycles. The van der Waals surface area contributed by atoms with Crippen LogP contribution in [0.25, 0.3) is 0 Å². The molecule has 1 fully saturated rings. The van der Waals surface area contributed by atoms with Crippen LogP contribution in [0, 0.1) is 5.92 Å². The summed E-state index contributed by atoms with van der Waals surface area (Å²) in [5, 5.41) is 2.92. The van der Waals surface area contributed by atoms with Gasteiger partial charge >= 0.3 is 6.09 Å². The van der Waals surface area contributed by atoms with Crippen LogP contribution in [0.15, 0.2) is 24.3 Å². The van der Waals surface area contributed by atoms with E-state index < -0.39 is 0 Å². The maximum atomic E-state index is 12.7. The zero-order chi connectivity index (χ0) is 21.6. The summed E-state index contributed by atoms with van der Waals surface area (Å²) in [6.45, 7) is 3.86. The molecule has 1 saturated carbocycles. The number of amides is 1. The zero-order valence-corrected chi connectivity index (χ0v) is 19.3. The van der Waals surface area contributed by atoms with Crippen molar-refractivity contribution < 1.29 is 14.3 Å². The van der Waals surface area contributed by atoms with Gasteiger partial charge in [-0.2, -0.15) is 0 Å². The molecule has 2 rings (SSSR count). The largest absolute Gasteiger partial charge is 0.491 e. The third-order valence-electron chi connectivity index (χ3n) is 5.83. The van der Waals surface area contributed by atoms with E-state index in [0.29, 0.717) is 24.0 Å². The number of hydrogen-bond acceptors (Lipinski definition) is 4. The lowest BCUT2D eigenvalue weighted by Gasteiger charge is -2.27. The summed E-state index contributed by atoms with van der Waals surface area (Å²) in [7, 11) is 4.17. The van der Waals surface area contributed by atoms with Gasteiger partial charge in [0.1, 0.15) is 11.9 Å². The van der Waals surface area contributed by atoms with Gasteiger partial charge in [-0.1, -0.05) is 64.0 Å². The highest BCUT2D eigenvalue weighted by atomic mass is 16.6. The van der Waals surface area contributed by atoms with Crippen LogP contribution in [0.5, 0.6) is 5.75 Å². The molecule has 1 aromatic carbocycles. The molecule has 0 aliphatic heterocycles. The molecule has 0 bridgehead atoms. The van der Waals surface area contributed by atoms with Gasteiger partial charge in [0.25, 0.3) is 0 Å². The molecule has 0 radical (unpaired) electrons. The van der Waals surface area contributed by atoms with Crippen LogP contribution in [0.3, 0.4) is 0 Å². The molecule has 0 aromatic heterocycles. The summed E-state index contributed by atoms with van der Waals surface area (Å²) >= 11 is 0. The van der Waals surface area contributed by atoms with E-state index in [2.05, 4.69) is 31.2 Å². The number of benzene rings is 1. The van der Waals surface area contributed by atoms with E-state index in [4.69, 9.17) is 9.47 Å². The van der Waals surface area contributed by atoms with Gasteiger partial charge in [-0.05, 0) is 51.9 Å². The Morgan fingerprint density at radius 2 is 1.77 bits per heavy atom. The van der Waals surface area contributed by atoms with Gasteiger partial charge in [0.05, 0.1) is 12.3 Å². The summed E-state index contributed by atoms with van der Waals surface area (Å²) in [5.74, 6) is 1.11. The fraction of sp³-hybridized carbons (Fsp3) is 0.720. The fourth-order valence-electron chi connectivity index (χ4n) is 4.22. The minimum absolute atomic E-state index is 0.0221. The monoisotopic (exact) mass is 418 g/mol. The van der Waals surface area contributed by atoms with Crippen LogP contribution < -0.4 is 10.1 Å². The average molecular weight is 419 g/mol. The molecular weight excluding hydrogens is 376 g/mol. The van der Waals surface area contributed by atoms with Crippen molar-refractivity contribution >= 4 is 11.8 Å². The average Bonchev–Trinajstić information content (AvgIpc) is 2.93. The van der Waals surface area contributed by atoms with Crippen LogP contribution >= 0.6 is 0 Å². The number of rotatable bonds is 12. The molecule has 1 aliphatic carbocycles. The van der Waals surface area contributed by atoms with E-state index in [0.717, 1.165) is 32.2 Å². The molecule has 0 unspecified atom stereocenters. The third-order valence-corrected chi connectivity index (χ3v) is 5.83. The summed E-state index contributed by atoms with van der Waals surface area (Å²) in [5.41, 5.74) is 0.686. The van der Waals surface area contributed by atoms with Crippen molar-refractivity contribution in [3.63, 3.8) is 0 Å². The molecule has 1 amide bonds. The van der Waals surface area contributed by atoms with E-state index in [-0.39, 0.29) is 12.2 Å². The van der Waals surface area contributed by atoms with Crippen molar-refractivity contribution in [2.75, 3.05) is 32.6 Å². The number of para-hydroxylation sites is 2. The summed E-state index contributed by atoms with van der Waals surface area (Å²) < 4.78 is 11.8. The Morgan fingerprint density at radius 3 is 2.57 bits per heavy atom. The molecular formula is C25H42N2O3. The number of nitrogens with one attached hydrogen (secondary N) is 1. The number of nitrogens with zero attached hydrogens (tertiary/aromatic N) is 1. The Hall–Kier alpha value is -1.75. The minimum atomic E-state index is -0.374. The van der Waals surface area contributed by atoms with E-state index >= 15 is 0 Å². The first-order chi connectivity index (χ1) is 14.6. The summed E-state index contributed by atoms with van der Waals surface area (Å²) in [6.07, 6.45) is 12.6. The van der Waals surface area contributed by atoms with Crippen LogP contribution in [0.4, 0.5) is 10.5 Å². The van der Waals surface area contributed by atoms with E-state index in [1.165, 1.54) is 44.9 Å². The Morgan fingerprint density at radius 1 is 1.03 bits per heavy atom. The first kappa shape index (κ1) is 24.5. The minimum Gasteiger partial charge on any atom is -0.491 e. The smallest absolute Gasteiger partial charge is 0.412 e. The maximum absolute atomic E-state index is 12.7. The van der Waals surface area contributed by atoms with E-state index in [1.807, 2.05) is 24.3 Å². The topological polar surface area (TPSA) is 50.8 Å². The lowest BCUT2D eigenvalue weighted by Crippen LogP contribution is -2.34. The summed E-state index contributed by atoms with van der Waals surface area (Å²) in [4.78, 5) is 14.8. The number of carbonyl (C=O) groups excluding carboxylic acids is 1. The molecule has 1 aromatic rings. The second kappa shape index (κ2) is 14.3. The number of unbranched alkanes of at least 4 members (excludes halogenated alkanes) is 5. The highest BCUT2D eigenvalue weighted by molar-refractivity contribution is 5.86. The second-order valence-corrected chi connectivity index (χ2v) is 8.84. The van der Waals surface area contributed by atoms with Crippen LogP contribution in [-0.4, -0.2) is 44.3 Å². The molecule has 1 N–H and O–H groups in total. The highest BCUT2D eigenvalue weighted by Crippen LogP contribution is 2.28. The van der Waals surface area contributed by atoms with Crippen LogP contribution in [0.2, 0.25) is 0 Å². The Balaban J connectivity index is 1.83. The first-order valence-corrected chi connectivity index (χ1v) is 11.9. The van der Waals surface area contributed by atoms with Crippen molar-refractivity contribution in [3.05, 3.63) is 24.3 Å². The van der Waals surface area contributed by atoms with Crippen LogP contribution in [0.1, 0.15) is 77.6 Å². The Labute approximate surface area is 183 Å². The molecule has 1 aliphatic rings. The maximum Gasteiger partial charge on any atom is 0.412 e. The Bertz CT molecular complexity index is 606. The number of ether oxygens (including phenoxy) is 2. The predicted octanol–water partition coefficient (Wildman–Crippen LogP) is 6.48. The Kier molecular flexibility index (Phi) is 11.7. The van der Waals surface area contributed by atoms with E-state index in [9.17, 15) is 4.79 Å². The lowest BCUT2D eigenvalue weighted by molar-refractivity contribution is 0.0569. The molecule has 170 valence electrons. The van der Waals surface area contributed by atoms with Crippen molar-refractivity contribution in [2.24, 2.45) is 5.92 Å². The number of carbonyl (C=O) groups is 1. The van der Waals surface area contributed by atoms with Crippen LogP contribution in [-0.2, 0) is 4.74 Å². The second-order valence-electron chi connectivity index (χ2n) is 8.84.